The predicted octanol–water partition coefficient (Wildman–Crippen LogP) is 4.90. The third-order valence-corrected chi connectivity index (χ3v) is 9.08. The summed E-state index contributed by atoms with van der Waals surface area (Å²) in [4.78, 5) is 28.7. The number of benzene rings is 4. The molecule has 2 N–H and O–H groups in total. The van der Waals surface area contributed by atoms with Crippen molar-refractivity contribution in [3.63, 3.8) is 0 Å². The number of nitrogens with one attached hydrogen (secondary N) is 2. The van der Waals surface area contributed by atoms with Crippen molar-refractivity contribution >= 4 is 32.5 Å². The fourth-order valence-corrected chi connectivity index (χ4v) is 6.26. The van der Waals surface area contributed by atoms with Gasteiger partial charge in [-0.1, -0.05) is 97.1 Å². The summed E-state index contributed by atoms with van der Waals surface area (Å²) in [5.74, 6) is -0.388. The summed E-state index contributed by atoms with van der Waals surface area (Å²) in [6.45, 7) is 1.78. The van der Waals surface area contributed by atoms with Crippen molar-refractivity contribution in [2.45, 2.75) is 36.2 Å². The number of nitrogens with zero attached hydrogens (tertiary/aromatic N) is 1. The number of hydrogen-bond acceptors (Lipinski definition) is 5. The van der Waals surface area contributed by atoms with Gasteiger partial charge in [-0.25, -0.2) is 13.2 Å². The van der Waals surface area contributed by atoms with Crippen molar-refractivity contribution in [3.05, 3.63) is 126 Å². The maximum absolute atomic E-state index is 13.8. The van der Waals surface area contributed by atoms with Gasteiger partial charge in [0.2, 0.25) is 5.91 Å². The Labute approximate surface area is 258 Å². The van der Waals surface area contributed by atoms with E-state index in [0.29, 0.717) is 39.1 Å². The van der Waals surface area contributed by atoms with E-state index >= 15 is 0 Å². The molecule has 0 radical (unpaired) electrons. The van der Waals surface area contributed by atoms with Crippen molar-refractivity contribution in [1.82, 2.24) is 15.5 Å². The second-order valence-electron chi connectivity index (χ2n) is 10.8. The standard InChI is InChI=1S/C35H37N3O5S/c39-34(33(25-28-11-5-2-6-12-28)37-35(40)38-20-22-43-23-21-38)36-31(17-15-27-9-3-1-4-10-27)19-24-44(41,42)32-18-16-29-13-7-8-14-30(29)26-32/h1-14,16,18-19,24,26,31,33H,15,17,20-23,25H2,(H,36,39)(H,37,40). The van der Waals surface area contributed by atoms with Crippen LogP contribution in [-0.2, 0) is 32.2 Å². The van der Waals surface area contributed by atoms with Gasteiger partial charge in [-0.05, 0) is 46.9 Å². The smallest absolute Gasteiger partial charge is 0.318 e. The molecule has 44 heavy (non-hydrogen) atoms. The molecule has 0 aliphatic carbocycles. The van der Waals surface area contributed by atoms with Gasteiger partial charge in [0, 0.05) is 31.0 Å². The van der Waals surface area contributed by atoms with E-state index in [1.165, 1.54) is 11.5 Å². The molecule has 0 saturated carbocycles. The minimum absolute atomic E-state index is 0.181. The van der Waals surface area contributed by atoms with Gasteiger partial charge in [0.15, 0.2) is 9.84 Å². The van der Waals surface area contributed by atoms with Crippen LogP contribution in [0, 0.1) is 0 Å². The van der Waals surface area contributed by atoms with Crippen molar-refractivity contribution in [3.8, 4) is 0 Å². The number of urea groups is 1. The predicted molar refractivity (Wildman–Crippen MR) is 172 cm³/mol. The molecular formula is C35H37N3O5S. The molecule has 1 fully saturated rings. The summed E-state index contributed by atoms with van der Waals surface area (Å²) in [5.41, 5.74) is 1.96. The van der Waals surface area contributed by atoms with Gasteiger partial charge in [0.1, 0.15) is 6.04 Å². The molecule has 4 aromatic rings. The number of ether oxygens (including phenoxy) is 1. The molecule has 228 valence electrons. The largest absolute Gasteiger partial charge is 0.378 e. The zero-order valence-electron chi connectivity index (χ0n) is 24.5. The fraction of sp³-hybridized carbons (Fsp3) is 0.257. The molecule has 1 aliphatic heterocycles. The fourth-order valence-electron chi connectivity index (χ4n) is 5.15. The quantitative estimate of drug-likeness (QED) is 0.251. The third-order valence-electron chi connectivity index (χ3n) is 7.65. The van der Waals surface area contributed by atoms with Crippen LogP contribution in [0.15, 0.2) is 120 Å². The zero-order valence-corrected chi connectivity index (χ0v) is 25.3. The summed E-state index contributed by atoms with van der Waals surface area (Å²) in [6, 6.07) is 30.1. The van der Waals surface area contributed by atoms with Crippen LogP contribution in [0.5, 0.6) is 0 Å². The first kappa shape index (κ1) is 31.0. The molecule has 1 saturated heterocycles. The molecule has 2 unspecified atom stereocenters. The average molecular weight is 612 g/mol. The van der Waals surface area contributed by atoms with Crippen LogP contribution in [0.3, 0.4) is 0 Å². The van der Waals surface area contributed by atoms with Crippen LogP contribution in [0.4, 0.5) is 4.79 Å². The van der Waals surface area contributed by atoms with Crippen molar-refractivity contribution in [2.75, 3.05) is 26.3 Å². The van der Waals surface area contributed by atoms with E-state index in [2.05, 4.69) is 10.6 Å². The first-order valence-corrected chi connectivity index (χ1v) is 16.4. The molecule has 3 amide bonds. The molecule has 4 aromatic carbocycles. The molecule has 0 spiro atoms. The second-order valence-corrected chi connectivity index (χ2v) is 12.6. The molecule has 5 rings (SSSR count). The van der Waals surface area contributed by atoms with Gasteiger partial charge in [0.25, 0.3) is 0 Å². The number of morpholine rings is 1. The highest BCUT2D eigenvalue weighted by molar-refractivity contribution is 7.94. The van der Waals surface area contributed by atoms with E-state index in [4.69, 9.17) is 4.74 Å². The molecule has 1 heterocycles. The van der Waals surface area contributed by atoms with Crippen LogP contribution >= 0.6 is 0 Å². The summed E-state index contributed by atoms with van der Waals surface area (Å²) in [5, 5.41) is 8.88. The maximum Gasteiger partial charge on any atom is 0.318 e. The SMILES string of the molecule is O=C(NC(C=CS(=O)(=O)c1ccc2ccccc2c1)CCc1ccccc1)C(Cc1ccccc1)NC(=O)N1CCOCC1. The van der Waals surface area contributed by atoms with Gasteiger partial charge >= 0.3 is 6.03 Å². The minimum atomic E-state index is -3.79. The van der Waals surface area contributed by atoms with E-state index in [1.807, 2.05) is 84.9 Å². The van der Waals surface area contributed by atoms with E-state index in [0.717, 1.165) is 21.9 Å². The van der Waals surface area contributed by atoms with E-state index in [1.54, 1.807) is 23.1 Å². The number of aryl methyl sites for hydroxylation is 1. The lowest BCUT2D eigenvalue weighted by Crippen LogP contribution is -2.55. The first-order chi connectivity index (χ1) is 21.4. The van der Waals surface area contributed by atoms with Crippen LogP contribution < -0.4 is 10.6 Å². The van der Waals surface area contributed by atoms with Crippen LogP contribution in [0.2, 0.25) is 0 Å². The van der Waals surface area contributed by atoms with Gasteiger partial charge in [0.05, 0.1) is 18.1 Å². The van der Waals surface area contributed by atoms with Gasteiger partial charge in [-0.3, -0.25) is 4.79 Å². The van der Waals surface area contributed by atoms with Gasteiger partial charge in [-0.15, -0.1) is 0 Å². The van der Waals surface area contributed by atoms with Crippen LogP contribution in [0.1, 0.15) is 17.5 Å². The Hall–Kier alpha value is -4.47. The molecule has 0 bridgehead atoms. The monoisotopic (exact) mass is 611 g/mol. The highest BCUT2D eigenvalue weighted by atomic mass is 32.2. The Morgan fingerprint density at radius 3 is 2.14 bits per heavy atom. The summed E-state index contributed by atoms with van der Waals surface area (Å²) >= 11 is 0. The molecular weight excluding hydrogens is 574 g/mol. The topological polar surface area (TPSA) is 105 Å². The minimum Gasteiger partial charge on any atom is -0.378 e. The summed E-state index contributed by atoms with van der Waals surface area (Å²) in [6.07, 6.45) is 2.91. The molecule has 2 atom stereocenters. The lowest BCUT2D eigenvalue weighted by Gasteiger charge is -2.29. The first-order valence-electron chi connectivity index (χ1n) is 14.8. The van der Waals surface area contributed by atoms with Crippen molar-refractivity contribution in [1.29, 1.82) is 0 Å². The Morgan fingerprint density at radius 2 is 1.43 bits per heavy atom. The maximum atomic E-state index is 13.8. The number of carbonyl (C=O) groups is 2. The number of carbonyl (C=O) groups excluding carboxylic acids is 2. The van der Waals surface area contributed by atoms with Crippen molar-refractivity contribution < 1.29 is 22.7 Å². The summed E-state index contributed by atoms with van der Waals surface area (Å²) in [7, 11) is -3.79. The van der Waals surface area contributed by atoms with Gasteiger partial charge in [-0.2, -0.15) is 0 Å². The molecule has 1 aliphatic rings. The summed E-state index contributed by atoms with van der Waals surface area (Å²) < 4.78 is 32.1. The van der Waals surface area contributed by atoms with Crippen molar-refractivity contribution in [2.24, 2.45) is 0 Å². The number of sulfone groups is 1. The van der Waals surface area contributed by atoms with Crippen LogP contribution in [-0.4, -0.2) is 63.6 Å². The van der Waals surface area contributed by atoms with Gasteiger partial charge < -0.3 is 20.3 Å². The van der Waals surface area contributed by atoms with E-state index < -0.39 is 21.9 Å². The van der Waals surface area contributed by atoms with E-state index in [-0.39, 0.29) is 23.3 Å². The molecule has 9 heteroatoms. The lowest BCUT2D eigenvalue weighted by molar-refractivity contribution is -0.123. The number of hydrogen-bond donors (Lipinski definition) is 2. The Balaban J connectivity index is 1.36. The molecule has 8 nitrogen and oxygen atoms in total. The normalized spacial score (nSPS) is 15.1. The van der Waals surface area contributed by atoms with E-state index in [9.17, 15) is 18.0 Å². The number of amides is 3. The van der Waals surface area contributed by atoms with Crippen LogP contribution in [0.25, 0.3) is 10.8 Å². The number of rotatable bonds is 11. The third kappa shape index (κ3) is 8.55. The number of fused-ring (bicyclic) bond motifs is 1. The Kier molecular flexibility index (Phi) is 10.4. The Bertz CT molecular complexity index is 1690. The highest BCUT2D eigenvalue weighted by Gasteiger charge is 2.26. The second kappa shape index (κ2) is 14.8. The molecule has 0 aromatic heterocycles. The Morgan fingerprint density at radius 1 is 0.795 bits per heavy atom. The zero-order chi connectivity index (χ0) is 30.8. The highest BCUT2D eigenvalue weighted by Crippen LogP contribution is 2.21. The lowest BCUT2D eigenvalue weighted by atomic mass is 10.0. The average Bonchev–Trinajstić information content (AvgIpc) is 3.06.